The van der Waals surface area contributed by atoms with Crippen LogP contribution < -0.4 is 15.5 Å². The molecule has 3 aliphatic heterocycles. The van der Waals surface area contributed by atoms with E-state index in [9.17, 15) is 0 Å². The molecule has 0 unspecified atom stereocenters. The number of hydrogen-bond donors (Lipinski definition) is 2. The van der Waals surface area contributed by atoms with E-state index in [1.165, 1.54) is 37.4 Å². The molecule has 0 radical (unpaired) electrons. The quantitative estimate of drug-likeness (QED) is 0.860. The summed E-state index contributed by atoms with van der Waals surface area (Å²) in [6.45, 7) is 6.67. The molecule has 2 fully saturated rings. The van der Waals surface area contributed by atoms with E-state index in [4.69, 9.17) is 0 Å². The zero-order valence-corrected chi connectivity index (χ0v) is 14.2. The number of nitrogens with zero attached hydrogens (tertiary/aromatic N) is 3. The molecule has 1 aromatic heterocycles. The first kappa shape index (κ1) is 15.7. The van der Waals surface area contributed by atoms with Gasteiger partial charge in [0.1, 0.15) is 5.82 Å². The van der Waals surface area contributed by atoms with Crippen molar-refractivity contribution in [2.45, 2.75) is 18.9 Å². The summed E-state index contributed by atoms with van der Waals surface area (Å²) in [5.74, 6) is 2.12. The van der Waals surface area contributed by atoms with Crippen LogP contribution in [0.15, 0.2) is 48.6 Å². The minimum atomic E-state index is 0.608. The van der Waals surface area contributed by atoms with Gasteiger partial charge in [0.25, 0.3) is 0 Å². The highest BCUT2D eigenvalue weighted by molar-refractivity contribution is 5.53. The van der Waals surface area contributed by atoms with E-state index in [2.05, 4.69) is 55.8 Å². The van der Waals surface area contributed by atoms with Gasteiger partial charge in [-0.05, 0) is 56.6 Å². The molecule has 2 atom stereocenters. The molecule has 3 aliphatic rings. The molecule has 5 heteroatoms. The van der Waals surface area contributed by atoms with Crippen molar-refractivity contribution in [3.8, 4) is 0 Å². The lowest BCUT2D eigenvalue weighted by molar-refractivity contribution is 0.384. The number of rotatable bonds is 5. The largest absolute Gasteiger partial charge is 0.356 e. The van der Waals surface area contributed by atoms with E-state index in [1.54, 1.807) is 0 Å². The molecule has 0 saturated carbocycles. The summed E-state index contributed by atoms with van der Waals surface area (Å²) in [5, 5.41) is 7.25. The van der Waals surface area contributed by atoms with E-state index in [-0.39, 0.29) is 0 Å². The number of anilines is 1. The van der Waals surface area contributed by atoms with Crippen molar-refractivity contribution < 1.29 is 0 Å². The second kappa shape index (κ2) is 7.36. The minimum absolute atomic E-state index is 0.608. The first-order chi connectivity index (χ1) is 11.9. The van der Waals surface area contributed by atoms with Gasteiger partial charge in [-0.2, -0.15) is 0 Å². The Kier molecular flexibility index (Phi) is 4.81. The highest BCUT2D eigenvalue weighted by Gasteiger charge is 2.28. The van der Waals surface area contributed by atoms with Crippen LogP contribution in [0.25, 0.3) is 0 Å². The van der Waals surface area contributed by atoms with Crippen molar-refractivity contribution in [1.82, 2.24) is 20.5 Å². The van der Waals surface area contributed by atoms with Gasteiger partial charge in [0.05, 0.1) is 0 Å². The van der Waals surface area contributed by atoms with Gasteiger partial charge in [0.2, 0.25) is 0 Å². The number of allylic oxidation sites excluding steroid dienone is 2. The molecule has 0 amide bonds. The third-order valence-corrected chi connectivity index (χ3v) is 5.29. The Hall–Kier alpha value is -1.85. The fraction of sp³-hybridized carbons (Fsp3) is 0.526. The predicted molar refractivity (Wildman–Crippen MR) is 97.8 cm³/mol. The lowest BCUT2D eigenvalue weighted by Crippen LogP contribution is -2.39. The Morgan fingerprint density at radius 2 is 2.17 bits per heavy atom. The fourth-order valence-electron chi connectivity index (χ4n) is 3.90. The summed E-state index contributed by atoms with van der Waals surface area (Å²) in [6, 6.07) is 4.79. The van der Waals surface area contributed by atoms with E-state index < -0.39 is 0 Å². The highest BCUT2D eigenvalue weighted by Crippen LogP contribution is 2.26. The Bertz CT molecular complexity index is 591. The summed E-state index contributed by atoms with van der Waals surface area (Å²) >= 11 is 0. The molecule has 0 aliphatic carbocycles. The maximum atomic E-state index is 4.14. The van der Waals surface area contributed by atoms with Crippen molar-refractivity contribution in [3.63, 3.8) is 0 Å². The molecular formula is C19H27N5. The summed E-state index contributed by atoms with van der Waals surface area (Å²) in [7, 11) is 0. The van der Waals surface area contributed by atoms with Crippen LogP contribution in [0.4, 0.5) is 5.69 Å². The summed E-state index contributed by atoms with van der Waals surface area (Å²) in [5.41, 5.74) is 1.22. The van der Waals surface area contributed by atoms with E-state index >= 15 is 0 Å². The number of likely N-dealkylation sites (tertiary alicyclic amines) is 1. The zero-order valence-electron chi connectivity index (χ0n) is 14.2. The highest BCUT2D eigenvalue weighted by atomic mass is 15.3. The van der Waals surface area contributed by atoms with Crippen LogP contribution in [-0.2, 0) is 0 Å². The SMILES string of the molecule is C1=CCN(c2ccncc2)C(N2CC[C@@H](NC[C@H]3CCNC3)C2)=C1. The second-order valence-corrected chi connectivity index (χ2v) is 6.97. The lowest BCUT2D eigenvalue weighted by Gasteiger charge is -2.34. The van der Waals surface area contributed by atoms with Crippen LogP contribution in [0.5, 0.6) is 0 Å². The van der Waals surface area contributed by atoms with Gasteiger partial charge in [-0.3, -0.25) is 4.98 Å². The second-order valence-electron chi connectivity index (χ2n) is 6.97. The van der Waals surface area contributed by atoms with Gasteiger partial charge in [0, 0.05) is 43.8 Å². The Labute approximate surface area is 144 Å². The van der Waals surface area contributed by atoms with Crippen LogP contribution in [0.3, 0.4) is 0 Å². The van der Waals surface area contributed by atoms with E-state index in [0.29, 0.717) is 6.04 Å². The first-order valence-electron chi connectivity index (χ1n) is 9.13. The maximum Gasteiger partial charge on any atom is 0.109 e. The summed E-state index contributed by atoms with van der Waals surface area (Å²) in [6.07, 6.45) is 12.9. The lowest BCUT2D eigenvalue weighted by atomic mass is 10.1. The number of hydrogen-bond acceptors (Lipinski definition) is 5. The van der Waals surface area contributed by atoms with Gasteiger partial charge >= 0.3 is 0 Å². The average molecular weight is 325 g/mol. The Morgan fingerprint density at radius 3 is 3.00 bits per heavy atom. The maximum absolute atomic E-state index is 4.14. The van der Waals surface area contributed by atoms with Crippen molar-refractivity contribution in [2.75, 3.05) is 44.2 Å². The molecule has 128 valence electrons. The molecule has 2 N–H and O–H groups in total. The average Bonchev–Trinajstić information content (AvgIpc) is 3.32. The first-order valence-corrected chi connectivity index (χ1v) is 9.13. The molecule has 0 aromatic carbocycles. The van der Waals surface area contributed by atoms with Gasteiger partial charge in [0.15, 0.2) is 0 Å². The van der Waals surface area contributed by atoms with Crippen LogP contribution in [0, 0.1) is 5.92 Å². The third-order valence-electron chi connectivity index (χ3n) is 5.29. The van der Waals surface area contributed by atoms with Gasteiger partial charge in [-0.1, -0.05) is 12.2 Å². The predicted octanol–water partition coefficient (Wildman–Crippen LogP) is 1.57. The molecule has 4 rings (SSSR count). The van der Waals surface area contributed by atoms with Crippen molar-refractivity contribution in [2.24, 2.45) is 5.92 Å². The monoisotopic (exact) mass is 325 g/mol. The summed E-state index contributed by atoms with van der Waals surface area (Å²) in [4.78, 5) is 9.05. The van der Waals surface area contributed by atoms with Crippen molar-refractivity contribution in [3.05, 3.63) is 48.6 Å². The van der Waals surface area contributed by atoms with E-state index in [0.717, 1.165) is 32.1 Å². The molecule has 0 spiro atoms. The Balaban J connectivity index is 1.37. The molecule has 4 heterocycles. The van der Waals surface area contributed by atoms with Gasteiger partial charge in [-0.15, -0.1) is 0 Å². The smallest absolute Gasteiger partial charge is 0.109 e. The van der Waals surface area contributed by atoms with Crippen molar-refractivity contribution in [1.29, 1.82) is 0 Å². The normalized spacial score (nSPS) is 26.9. The van der Waals surface area contributed by atoms with Crippen molar-refractivity contribution >= 4 is 5.69 Å². The fourth-order valence-corrected chi connectivity index (χ4v) is 3.90. The number of nitrogens with one attached hydrogen (secondary N) is 2. The van der Waals surface area contributed by atoms with Crippen LogP contribution in [0.1, 0.15) is 12.8 Å². The van der Waals surface area contributed by atoms with Crippen LogP contribution in [0.2, 0.25) is 0 Å². The molecular weight excluding hydrogens is 298 g/mol. The molecule has 24 heavy (non-hydrogen) atoms. The summed E-state index contributed by atoms with van der Waals surface area (Å²) < 4.78 is 0. The topological polar surface area (TPSA) is 43.4 Å². The Morgan fingerprint density at radius 1 is 1.25 bits per heavy atom. The van der Waals surface area contributed by atoms with Gasteiger partial charge in [-0.25, -0.2) is 0 Å². The molecule has 2 saturated heterocycles. The standard InChI is InChI=1S/C19H27N5/c1-2-11-24(18-5-9-20-10-6-18)19(3-1)23-12-7-17(15-23)22-14-16-4-8-21-13-16/h1-3,5-6,9-10,16-17,21-22H,4,7-8,11-15H2/t16-,17+/m0/s1. The van der Waals surface area contributed by atoms with Crippen LogP contribution in [-0.4, -0.2) is 55.2 Å². The minimum Gasteiger partial charge on any atom is -0.356 e. The van der Waals surface area contributed by atoms with Crippen LogP contribution >= 0.6 is 0 Å². The molecule has 1 aromatic rings. The third kappa shape index (κ3) is 3.47. The molecule has 5 nitrogen and oxygen atoms in total. The molecule has 0 bridgehead atoms. The van der Waals surface area contributed by atoms with E-state index in [1.807, 2.05) is 12.4 Å². The van der Waals surface area contributed by atoms with Gasteiger partial charge < -0.3 is 20.4 Å². The number of aromatic nitrogens is 1. The zero-order chi connectivity index (χ0) is 16.2. The number of pyridine rings is 1.